The first-order valence-electron chi connectivity index (χ1n) is 5.38. The third-order valence-electron chi connectivity index (χ3n) is 3.25. The van der Waals surface area contributed by atoms with E-state index in [1.807, 2.05) is 0 Å². The Kier molecular flexibility index (Phi) is 1.96. The highest BCUT2D eigenvalue weighted by atomic mass is 16.6. The fourth-order valence-corrected chi connectivity index (χ4v) is 2.17. The Morgan fingerprint density at radius 2 is 2.12 bits per heavy atom. The van der Waals surface area contributed by atoms with Crippen molar-refractivity contribution in [1.29, 1.82) is 0 Å². The molecule has 0 spiro atoms. The molecule has 1 aromatic rings. The van der Waals surface area contributed by atoms with Crippen LogP contribution in [-0.2, 0) is 0 Å². The molecule has 1 fully saturated rings. The van der Waals surface area contributed by atoms with E-state index in [0.29, 0.717) is 6.61 Å². The summed E-state index contributed by atoms with van der Waals surface area (Å²) in [7, 11) is 0. The predicted octanol–water partition coefficient (Wildman–Crippen LogP) is 2.92. The lowest BCUT2D eigenvalue weighted by Gasteiger charge is -2.18. The molecule has 3 rings (SSSR count). The lowest BCUT2D eigenvalue weighted by atomic mass is 9.86. The topological polar surface area (TPSA) is 52.4 Å². The largest absolute Gasteiger partial charge is 0.488 e. The Labute approximate surface area is 92.7 Å². The van der Waals surface area contributed by atoms with Crippen molar-refractivity contribution in [3.05, 3.63) is 39.4 Å². The van der Waals surface area contributed by atoms with Crippen molar-refractivity contribution in [1.82, 2.24) is 0 Å². The average molecular weight is 217 g/mol. The van der Waals surface area contributed by atoms with Crippen LogP contribution in [0.2, 0.25) is 0 Å². The number of fused-ring (bicyclic) bond motifs is 1. The summed E-state index contributed by atoms with van der Waals surface area (Å²) in [6, 6.07) is 4.82. The van der Waals surface area contributed by atoms with Gasteiger partial charge in [-0.25, -0.2) is 0 Å². The summed E-state index contributed by atoms with van der Waals surface area (Å²) in [6.45, 7) is 0.575. The number of nitro groups is 1. The van der Waals surface area contributed by atoms with E-state index in [9.17, 15) is 10.1 Å². The van der Waals surface area contributed by atoms with E-state index < -0.39 is 0 Å². The number of hydrogen-bond acceptors (Lipinski definition) is 3. The van der Waals surface area contributed by atoms with Crippen molar-refractivity contribution in [3.63, 3.8) is 0 Å². The maximum absolute atomic E-state index is 10.7. The minimum absolute atomic E-state index is 0.140. The second kappa shape index (κ2) is 3.33. The third-order valence-corrected chi connectivity index (χ3v) is 3.25. The maximum atomic E-state index is 10.7. The van der Waals surface area contributed by atoms with Gasteiger partial charge in [-0.2, -0.15) is 0 Å². The summed E-state index contributed by atoms with van der Waals surface area (Å²) >= 11 is 0. The molecule has 0 unspecified atom stereocenters. The standard InChI is InChI=1S/C12H11NO3/c14-13(15)9-4-5-12-10(6-9)11(7-16-12)8-2-1-3-8/h4-6H,1-3,7H2. The van der Waals surface area contributed by atoms with Crippen molar-refractivity contribution in [2.75, 3.05) is 6.61 Å². The van der Waals surface area contributed by atoms with Crippen LogP contribution >= 0.6 is 0 Å². The molecule has 1 aliphatic heterocycles. The zero-order valence-electron chi connectivity index (χ0n) is 8.73. The molecule has 0 radical (unpaired) electrons. The quantitative estimate of drug-likeness (QED) is 0.536. The van der Waals surface area contributed by atoms with Crippen LogP contribution in [0.15, 0.2) is 23.8 Å². The minimum Gasteiger partial charge on any atom is -0.488 e. The Bertz CT molecular complexity index is 499. The van der Waals surface area contributed by atoms with E-state index in [1.54, 1.807) is 12.1 Å². The van der Waals surface area contributed by atoms with Crippen LogP contribution in [0.3, 0.4) is 0 Å². The van der Waals surface area contributed by atoms with Crippen molar-refractivity contribution in [2.24, 2.45) is 0 Å². The van der Waals surface area contributed by atoms with E-state index in [0.717, 1.165) is 24.2 Å². The van der Waals surface area contributed by atoms with Crippen LogP contribution in [0, 0.1) is 10.1 Å². The molecule has 1 aliphatic carbocycles. The highest BCUT2D eigenvalue weighted by Gasteiger charge is 2.25. The summed E-state index contributed by atoms with van der Waals surface area (Å²) in [4.78, 5) is 10.4. The summed E-state index contributed by atoms with van der Waals surface area (Å²) < 4.78 is 5.52. The normalized spacial score (nSPS) is 17.8. The summed E-state index contributed by atoms with van der Waals surface area (Å²) in [5.74, 6) is 0.778. The van der Waals surface area contributed by atoms with Crippen LogP contribution < -0.4 is 4.74 Å². The SMILES string of the molecule is O=[N+]([O-])c1ccc2c(c1)C(=C1CCC1)CO2. The first-order valence-corrected chi connectivity index (χ1v) is 5.38. The zero-order chi connectivity index (χ0) is 11.1. The van der Waals surface area contributed by atoms with Crippen molar-refractivity contribution in [3.8, 4) is 5.75 Å². The molecule has 0 amide bonds. The number of benzene rings is 1. The van der Waals surface area contributed by atoms with Gasteiger partial charge >= 0.3 is 0 Å². The molecule has 0 atom stereocenters. The van der Waals surface area contributed by atoms with Gasteiger partial charge in [-0.1, -0.05) is 5.57 Å². The molecule has 4 heteroatoms. The van der Waals surface area contributed by atoms with Crippen molar-refractivity contribution >= 4 is 11.3 Å². The van der Waals surface area contributed by atoms with Crippen molar-refractivity contribution < 1.29 is 9.66 Å². The van der Waals surface area contributed by atoms with Gasteiger partial charge in [0, 0.05) is 17.7 Å². The van der Waals surface area contributed by atoms with Crippen LogP contribution in [0.25, 0.3) is 5.57 Å². The maximum Gasteiger partial charge on any atom is 0.270 e. The number of nitrogens with zero attached hydrogens (tertiary/aromatic N) is 1. The van der Waals surface area contributed by atoms with E-state index in [4.69, 9.17) is 4.74 Å². The smallest absolute Gasteiger partial charge is 0.270 e. The lowest BCUT2D eigenvalue weighted by molar-refractivity contribution is -0.384. The molecule has 1 saturated carbocycles. The Morgan fingerprint density at radius 3 is 2.75 bits per heavy atom. The molecule has 2 aliphatic rings. The number of rotatable bonds is 1. The Morgan fingerprint density at radius 1 is 1.31 bits per heavy atom. The molecule has 1 heterocycles. The molecule has 82 valence electrons. The second-order valence-corrected chi connectivity index (χ2v) is 4.16. The average Bonchev–Trinajstić information content (AvgIpc) is 2.59. The molecule has 1 aromatic carbocycles. The van der Waals surface area contributed by atoms with E-state index >= 15 is 0 Å². The van der Waals surface area contributed by atoms with Gasteiger partial charge in [-0.3, -0.25) is 10.1 Å². The zero-order valence-corrected chi connectivity index (χ0v) is 8.73. The van der Waals surface area contributed by atoms with Gasteiger partial charge < -0.3 is 4.74 Å². The summed E-state index contributed by atoms with van der Waals surface area (Å²) in [5.41, 5.74) is 3.63. The van der Waals surface area contributed by atoms with E-state index in [2.05, 4.69) is 0 Å². The number of nitro benzene ring substituents is 1. The van der Waals surface area contributed by atoms with Gasteiger partial charge in [0.25, 0.3) is 5.69 Å². The number of ether oxygens (including phenoxy) is 1. The van der Waals surface area contributed by atoms with Gasteiger partial charge in [0.2, 0.25) is 0 Å². The first-order chi connectivity index (χ1) is 7.75. The number of non-ortho nitro benzene ring substituents is 1. The molecule has 0 bridgehead atoms. The molecule has 4 nitrogen and oxygen atoms in total. The van der Waals surface area contributed by atoms with Crippen LogP contribution in [-0.4, -0.2) is 11.5 Å². The molecular weight excluding hydrogens is 206 g/mol. The van der Waals surface area contributed by atoms with Gasteiger partial charge in [0.1, 0.15) is 12.4 Å². The van der Waals surface area contributed by atoms with Gasteiger partial charge in [0.05, 0.1) is 4.92 Å². The highest BCUT2D eigenvalue weighted by Crippen LogP contribution is 2.42. The van der Waals surface area contributed by atoms with Gasteiger partial charge in [0.15, 0.2) is 0 Å². The van der Waals surface area contributed by atoms with Gasteiger partial charge in [-0.15, -0.1) is 0 Å². The van der Waals surface area contributed by atoms with Crippen molar-refractivity contribution in [2.45, 2.75) is 19.3 Å². The fraction of sp³-hybridized carbons (Fsp3) is 0.333. The first kappa shape index (κ1) is 9.39. The van der Waals surface area contributed by atoms with Gasteiger partial charge in [-0.05, 0) is 30.9 Å². The van der Waals surface area contributed by atoms with E-state index in [1.165, 1.54) is 23.6 Å². The van der Waals surface area contributed by atoms with Crippen LogP contribution in [0.4, 0.5) is 5.69 Å². The monoisotopic (exact) mass is 217 g/mol. The predicted molar refractivity (Wildman–Crippen MR) is 59.4 cm³/mol. The van der Waals surface area contributed by atoms with E-state index in [-0.39, 0.29) is 10.6 Å². The van der Waals surface area contributed by atoms with Crippen LogP contribution in [0.5, 0.6) is 5.75 Å². The second-order valence-electron chi connectivity index (χ2n) is 4.16. The Hall–Kier alpha value is -1.84. The number of allylic oxidation sites excluding steroid dienone is 1. The summed E-state index contributed by atoms with van der Waals surface area (Å²) in [6.07, 6.45) is 3.45. The lowest BCUT2D eigenvalue weighted by Crippen LogP contribution is -2.02. The molecular formula is C12H11NO3. The molecule has 0 N–H and O–H groups in total. The number of hydrogen-bond donors (Lipinski definition) is 0. The molecule has 0 saturated heterocycles. The third kappa shape index (κ3) is 1.30. The highest BCUT2D eigenvalue weighted by molar-refractivity contribution is 5.79. The molecule has 16 heavy (non-hydrogen) atoms. The fourth-order valence-electron chi connectivity index (χ4n) is 2.17. The minimum atomic E-state index is -0.359. The Balaban J connectivity index is 2.10. The summed E-state index contributed by atoms with van der Waals surface area (Å²) in [5, 5.41) is 10.7. The molecule has 0 aromatic heterocycles. The van der Waals surface area contributed by atoms with Crippen LogP contribution in [0.1, 0.15) is 24.8 Å².